The molecule has 0 bridgehead atoms. The first-order chi connectivity index (χ1) is 11.1. The summed E-state index contributed by atoms with van der Waals surface area (Å²) in [4.78, 5) is 34.8. The molecule has 2 aromatic heterocycles. The second kappa shape index (κ2) is 6.93. The lowest BCUT2D eigenvalue weighted by atomic mass is 10.0. The van der Waals surface area contributed by atoms with Crippen molar-refractivity contribution in [3.63, 3.8) is 0 Å². The van der Waals surface area contributed by atoms with E-state index in [1.807, 2.05) is 0 Å². The number of anilines is 1. The normalized spacial score (nSPS) is 16.2. The van der Waals surface area contributed by atoms with Gasteiger partial charge in [-0.15, -0.1) is 0 Å². The van der Waals surface area contributed by atoms with Crippen LogP contribution in [-0.4, -0.2) is 60.4 Å². The minimum absolute atomic E-state index is 0.214. The third-order valence-electron chi connectivity index (χ3n) is 3.11. The highest BCUT2D eigenvalue weighted by atomic mass is 31.2. The molecule has 0 amide bonds. The van der Waals surface area contributed by atoms with Crippen molar-refractivity contribution in [1.29, 1.82) is 0 Å². The van der Waals surface area contributed by atoms with Gasteiger partial charge in [0.25, 0.3) is 0 Å². The molecule has 0 aliphatic rings. The van der Waals surface area contributed by atoms with Gasteiger partial charge in [0.2, 0.25) is 5.95 Å². The van der Waals surface area contributed by atoms with Gasteiger partial charge in [-0.25, -0.2) is 13.8 Å². The number of hydrogen-bond acceptors (Lipinski definition) is 8. The fraction of sp³-hybridized carbons (Fsp3) is 0.500. The first-order valence-corrected chi connectivity index (χ1v) is 7.95. The highest BCUT2D eigenvalue weighted by Gasteiger charge is 2.33. The van der Waals surface area contributed by atoms with E-state index < -0.39 is 38.5 Å². The molecule has 24 heavy (non-hydrogen) atoms. The highest BCUT2D eigenvalue weighted by molar-refractivity contribution is 7.46. The molecule has 0 spiro atoms. The summed E-state index contributed by atoms with van der Waals surface area (Å²) in [6, 6.07) is 0. The van der Waals surface area contributed by atoms with E-state index in [0.29, 0.717) is 0 Å². The maximum absolute atomic E-state index is 14.6. The Hall–Kier alpha value is -1.89. The number of ether oxygens (including phenoxy) is 1. The lowest BCUT2D eigenvalue weighted by Gasteiger charge is -2.23. The van der Waals surface area contributed by atoms with Crippen molar-refractivity contribution in [2.24, 2.45) is 0 Å². The van der Waals surface area contributed by atoms with Crippen LogP contribution >= 0.6 is 7.82 Å². The van der Waals surface area contributed by atoms with Gasteiger partial charge in [-0.1, -0.05) is 0 Å². The number of aliphatic hydroxyl groups is 1. The Morgan fingerprint density at radius 2 is 2.21 bits per heavy atom. The van der Waals surface area contributed by atoms with Crippen LogP contribution in [0.3, 0.4) is 0 Å². The number of nitrogens with one attached hydrogen (secondary N) is 1. The van der Waals surface area contributed by atoms with Crippen LogP contribution in [0.4, 0.5) is 10.3 Å². The molecule has 2 rings (SSSR count). The van der Waals surface area contributed by atoms with Gasteiger partial charge in [0.05, 0.1) is 18.4 Å². The zero-order valence-corrected chi connectivity index (χ0v) is 13.1. The number of methoxy groups -OCH3 is 1. The molecule has 0 aliphatic heterocycles. The number of nitrogens with zero attached hydrogens (tertiary/aromatic N) is 3. The number of phosphoric ester groups is 1. The van der Waals surface area contributed by atoms with Crippen molar-refractivity contribution in [2.45, 2.75) is 18.4 Å². The molecular formula is C10H15FN5O7P. The zero-order valence-electron chi connectivity index (χ0n) is 12.2. The first kappa shape index (κ1) is 18.4. The van der Waals surface area contributed by atoms with Crippen LogP contribution < -0.4 is 11.4 Å². The van der Waals surface area contributed by atoms with Crippen molar-refractivity contribution >= 4 is 19.4 Å². The Morgan fingerprint density at radius 1 is 1.54 bits per heavy atom. The van der Waals surface area contributed by atoms with E-state index in [0.717, 1.165) is 17.8 Å². The predicted molar refractivity (Wildman–Crippen MR) is 76.7 cm³/mol. The molecule has 2 heterocycles. The minimum Gasteiger partial charge on any atom is -0.387 e. The molecule has 3 unspecified atom stereocenters. The van der Waals surface area contributed by atoms with Gasteiger partial charge >= 0.3 is 13.5 Å². The smallest absolute Gasteiger partial charge is 0.387 e. The fourth-order valence-electron chi connectivity index (χ4n) is 1.96. The average Bonchev–Trinajstić information content (AvgIpc) is 2.89. The maximum atomic E-state index is 14.6. The van der Waals surface area contributed by atoms with Crippen LogP contribution in [0.1, 0.15) is 11.7 Å². The van der Waals surface area contributed by atoms with E-state index in [1.165, 1.54) is 0 Å². The SMILES string of the molecule is COC(COP(=O)(O)O)C(O)C(F)c1cnn2c(=O)[nH]c(N)nc12. The van der Waals surface area contributed by atoms with E-state index >= 15 is 0 Å². The third kappa shape index (κ3) is 3.95. The Balaban J connectivity index is 2.28. The number of phosphoric acid groups is 1. The van der Waals surface area contributed by atoms with Crippen molar-refractivity contribution < 1.29 is 33.1 Å². The summed E-state index contributed by atoms with van der Waals surface area (Å²) in [5.41, 5.74) is 4.17. The number of H-pyrrole nitrogens is 1. The molecule has 0 radical (unpaired) electrons. The Morgan fingerprint density at radius 3 is 2.79 bits per heavy atom. The largest absolute Gasteiger partial charge is 0.469 e. The third-order valence-corrected chi connectivity index (χ3v) is 3.60. The van der Waals surface area contributed by atoms with Crippen molar-refractivity contribution in [3.8, 4) is 0 Å². The molecule has 0 fully saturated rings. The van der Waals surface area contributed by atoms with Gasteiger partial charge in [-0.05, 0) is 0 Å². The topological polar surface area (TPSA) is 185 Å². The van der Waals surface area contributed by atoms with Gasteiger partial charge in [-0.2, -0.15) is 14.6 Å². The number of nitrogen functional groups attached to an aromatic ring is 1. The first-order valence-electron chi connectivity index (χ1n) is 6.42. The Kier molecular flexibility index (Phi) is 5.32. The van der Waals surface area contributed by atoms with Crippen molar-refractivity contribution in [2.75, 3.05) is 19.5 Å². The summed E-state index contributed by atoms with van der Waals surface area (Å²) >= 11 is 0. The quantitative estimate of drug-likeness (QED) is 0.360. The number of alkyl halides is 1. The standard InChI is InChI=1S/C10H15FN5O7P/c1-22-5(3-23-24(19,20)21)7(17)6(11)4-2-13-16-8(4)14-9(12)15-10(16)18/h2,5-7,17H,3H2,1H3,(H2,19,20,21)(H3,12,14,15,18). The summed E-state index contributed by atoms with van der Waals surface area (Å²) in [5, 5.41) is 13.7. The van der Waals surface area contributed by atoms with E-state index in [2.05, 4.69) is 19.6 Å². The number of aromatic amines is 1. The van der Waals surface area contributed by atoms with Crippen LogP contribution in [-0.2, 0) is 13.8 Å². The van der Waals surface area contributed by atoms with E-state index in [1.54, 1.807) is 0 Å². The Labute approximate surface area is 133 Å². The van der Waals surface area contributed by atoms with Crippen LogP contribution in [0.5, 0.6) is 0 Å². The number of rotatable bonds is 7. The van der Waals surface area contributed by atoms with Crippen LogP contribution in [0.15, 0.2) is 11.0 Å². The minimum atomic E-state index is -4.82. The fourth-order valence-corrected chi connectivity index (χ4v) is 2.30. The van der Waals surface area contributed by atoms with Gasteiger partial charge < -0.3 is 25.4 Å². The van der Waals surface area contributed by atoms with E-state index in [4.69, 9.17) is 20.3 Å². The molecular weight excluding hydrogens is 352 g/mol. The summed E-state index contributed by atoms with van der Waals surface area (Å²) in [5.74, 6) is -0.274. The summed E-state index contributed by atoms with van der Waals surface area (Å²) in [6.07, 6.45) is -4.44. The van der Waals surface area contributed by atoms with Gasteiger partial charge in [0.1, 0.15) is 12.2 Å². The maximum Gasteiger partial charge on any atom is 0.469 e. The lowest BCUT2D eigenvalue weighted by molar-refractivity contribution is -0.0716. The average molecular weight is 367 g/mol. The molecule has 2 aromatic rings. The monoisotopic (exact) mass is 367 g/mol. The molecule has 6 N–H and O–H groups in total. The van der Waals surface area contributed by atoms with Crippen molar-refractivity contribution in [1.82, 2.24) is 19.6 Å². The number of fused-ring (bicyclic) bond motifs is 1. The second-order valence-corrected chi connectivity index (χ2v) is 5.95. The van der Waals surface area contributed by atoms with Gasteiger partial charge in [0.15, 0.2) is 11.8 Å². The number of nitrogens with two attached hydrogens (primary N) is 1. The van der Waals surface area contributed by atoms with Crippen molar-refractivity contribution in [3.05, 3.63) is 22.2 Å². The Bertz CT molecular complexity index is 820. The molecule has 14 heteroatoms. The molecule has 0 saturated heterocycles. The van der Waals surface area contributed by atoms with Gasteiger partial charge in [0, 0.05) is 7.11 Å². The highest BCUT2D eigenvalue weighted by Crippen LogP contribution is 2.37. The summed E-state index contributed by atoms with van der Waals surface area (Å²) in [7, 11) is -3.72. The number of hydrogen-bond donors (Lipinski definition) is 5. The summed E-state index contributed by atoms with van der Waals surface area (Å²) < 4.78 is 35.0. The number of aromatic nitrogens is 4. The van der Waals surface area contributed by atoms with Crippen LogP contribution in [0.25, 0.3) is 5.65 Å². The zero-order chi connectivity index (χ0) is 18.1. The van der Waals surface area contributed by atoms with Gasteiger partial charge in [-0.3, -0.25) is 9.51 Å². The molecule has 0 saturated carbocycles. The molecule has 3 atom stereocenters. The van der Waals surface area contributed by atoms with Crippen LogP contribution in [0, 0.1) is 0 Å². The van der Waals surface area contributed by atoms with E-state index in [-0.39, 0.29) is 17.2 Å². The number of halogens is 1. The molecule has 134 valence electrons. The lowest BCUT2D eigenvalue weighted by Crippen LogP contribution is -2.35. The second-order valence-electron chi connectivity index (χ2n) is 4.72. The summed E-state index contributed by atoms with van der Waals surface area (Å²) in [6.45, 7) is -0.766. The predicted octanol–water partition coefficient (Wildman–Crippen LogP) is -1.50. The van der Waals surface area contributed by atoms with Crippen LogP contribution in [0.2, 0.25) is 0 Å². The molecule has 12 nitrogen and oxygen atoms in total. The molecule has 0 aromatic carbocycles. The number of aliphatic hydroxyl groups excluding tert-OH is 1. The van der Waals surface area contributed by atoms with E-state index in [9.17, 15) is 18.9 Å². The molecule has 0 aliphatic carbocycles.